The highest BCUT2D eigenvalue weighted by Gasteiger charge is 2.23. The van der Waals surface area contributed by atoms with Gasteiger partial charge in [-0.3, -0.25) is 4.79 Å². The van der Waals surface area contributed by atoms with Gasteiger partial charge >= 0.3 is 5.97 Å². The summed E-state index contributed by atoms with van der Waals surface area (Å²) in [6.45, 7) is 4.06. The molecule has 7 heteroatoms. The Morgan fingerprint density at radius 3 is 2.64 bits per heavy atom. The van der Waals surface area contributed by atoms with Gasteiger partial charge in [-0.15, -0.1) is 11.8 Å². The molecule has 3 rings (SSSR count). The van der Waals surface area contributed by atoms with Crippen LogP contribution in [0.4, 0.5) is 5.69 Å². The highest BCUT2D eigenvalue weighted by Crippen LogP contribution is 2.33. The number of carbonyl (C=O) groups is 2. The SMILES string of the molecule is CC(C)OC(=O)c1cc(NC(=O)C2=C(c3ccccc3)OCCS2)ccc1Cl. The van der Waals surface area contributed by atoms with Gasteiger partial charge in [-0.25, -0.2) is 4.79 Å². The van der Waals surface area contributed by atoms with Gasteiger partial charge < -0.3 is 14.8 Å². The molecule has 0 spiro atoms. The number of rotatable bonds is 5. The lowest BCUT2D eigenvalue weighted by atomic mass is 10.1. The average Bonchev–Trinajstić information content (AvgIpc) is 2.69. The lowest BCUT2D eigenvalue weighted by molar-refractivity contribution is -0.112. The Labute approximate surface area is 173 Å². The second-order valence-corrected chi connectivity index (χ2v) is 7.84. The van der Waals surface area contributed by atoms with Gasteiger partial charge in [-0.05, 0) is 32.0 Å². The van der Waals surface area contributed by atoms with Crippen LogP contribution in [0.5, 0.6) is 0 Å². The first-order chi connectivity index (χ1) is 13.5. The molecule has 5 nitrogen and oxygen atoms in total. The smallest absolute Gasteiger partial charge is 0.339 e. The third-order valence-corrected chi connectivity index (χ3v) is 5.17. The van der Waals surface area contributed by atoms with Crippen molar-refractivity contribution < 1.29 is 19.1 Å². The molecule has 0 fully saturated rings. The van der Waals surface area contributed by atoms with E-state index >= 15 is 0 Å². The fourth-order valence-electron chi connectivity index (χ4n) is 2.62. The highest BCUT2D eigenvalue weighted by molar-refractivity contribution is 8.04. The van der Waals surface area contributed by atoms with Crippen molar-refractivity contribution in [3.8, 4) is 0 Å². The van der Waals surface area contributed by atoms with Gasteiger partial charge in [0.2, 0.25) is 0 Å². The number of halogens is 1. The second-order valence-electron chi connectivity index (χ2n) is 6.32. The zero-order valence-corrected chi connectivity index (χ0v) is 17.1. The molecule has 2 aromatic carbocycles. The summed E-state index contributed by atoms with van der Waals surface area (Å²) in [5.41, 5.74) is 1.51. The van der Waals surface area contributed by atoms with Crippen molar-refractivity contribution in [3.63, 3.8) is 0 Å². The fourth-order valence-corrected chi connectivity index (χ4v) is 3.67. The molecule has 1 heterocycles. The monoisotopic (exact) mass is 417 g/mol. The lowest BCUT2D eigenvalue weighted by Gasteiger charge is -2.20. The van der Waals surface area contributed by atoms with Crippen molar-refractivity contribution in [2.75, 3.05) is 17.7 Å². The molecule has 0 saturated carbocycles. The number of thioether (sulfide) groups is 1. The summed E-state index contributed by atoms with van der Waals surface area (Å²) in [4.78, 5) is 25.6. The Morgan fingerprint density at radius 1 is 1.18 bits per heavy atom. The summed E-state index contributed by atoms with van der Waals surface area (Å²) in [6.07, 6.45) is -0.267. The molecule has 0 aromatic heterocycles. The maximum Gasteiger partial charge on any atom is 0.339 e. The predicted octanol–water partition coefficient (Wildman–Crippen LogP) is 4.98. The molecule has 0 atom stereocenters. The largest absolute Gasteiger partial charge is 0.491 e. The van der Waals surface area contributed by atoms with Gasteiger partial charge in [0.25, 0.3) is 5.91 Å². The summed E-state index contributed by atoms with van der Waals surface area (Å²) in [6, 6.07) is 14.2. The van der Waals surface area contributed by atoms with E-state index in [1.807, 2.05) is 30.3 Å². The van der Waals surface area contributed by atoms with Crippen molar-refractivity contribution >= 4 is 46.7 Å². The normalized spacial score (nSPS) is 13.9. The molecular weight excluding hydrogens is 398 g/mol. The summed E-state index contributed by atoms with van der Waals surface area (Å²) in [5, 5.41) is 3.09. The molecule has 1 aliphatic heterocycles. The van der Waals surface area contributed by atoms with E-state index in [0.29, 0.717) is 28.7 Å². The van der Waals surface area contributed by atoms with Crippen molar-refractivity contribution in [1.29, 1.82) is 0 Å². The minimum atomic E-state index is -0.532. The van der Waals surface area contributed by atoms with Crippen molar-refractivity contribution in [3.05, 3.63) is 69.6 Å². The van der Waals surface area contributed by atoms with Gasteiger partial charge in [0, 0.05) is 17.0 Å². The van der Waals surface area contributed by atoms with Crippen LogP contribution in [0, 0.1) is 0 Å². The van der Waals surface area contributed by atoms with Crippen LogP contribution in [0.3, 0.4) is 0 Å². The molecule has 0 bridgehead atoms. The number of ether oxygens (including phenoxy) is 2. The van der Waals surface area contributed by atoms with Crippen LogP contribution in [0.1, 0.15) is 29.8 Å². The zero-order valence-electron chi connectivity index (χ0n) is 15.5. The first-order valence-electron chi connectivity index (χ1n) is 8.83. The summed E-state index contributed by atoms with van der Waals surface area (Å²) in [5.74, 6) is 0.415. The standard InChI is InChI=1S/C21H20ClNO4S/c1-13(2)27-21(25)16-12-15(8-9-17(16)22)23-20(24)19-18(26-10-11-28-19)14-6-4-3-5-7-14/h3-9,12-13H,10-11H2,1-2H3,(H,23,24). The molecule has 0 saturated heterocycles. The third-order valence-electron chi connectivity index (χ3n) is 3.81. The summed E-state index contributed by atoms with van der Waals surface area (Å²) < 4.78 is 11.0. The number of nitrogens with one attached hydrogen (secondary N) is 1. The van der Waals surface area contributed by atoms with E-state index < -0.39 is 5.97 Å². The van der Waals surface area contributed by atoms with Crippen LogP contribution in [-0.4, -0.2) is 30.3 Å². The van der Waals surface area contributed by atoms with Crippen LogP contribution >= 0.6 is 23.4 Å². The van der Waals surface area contributed by atoms with Gasteiger partial charge in [0.05, 0.1) is 23.3 Å². The van der Waals surface area contributed by atoms with Gasteiger partial charge in [-0.2, -0.15) is 0 Å². The Kier molecular flexibility index (Phi) is 6.65. The van der Waals surface area contributed by atoms with Gasteiger partial charge in [0.15, 0.2) is 0 Å². The molecular formula is C21H20ClNO4S. The molecule has 0 unspecified atom stereocenters. The molecule has 1 amide bonds. The summed E-state index contributed by atoms with van der Waals surface area (Å²) in [7, 11) is 0. The molecule has 2 aromatic rings. The van der Waals surface area contributed by atoms with E-state index in [1.54, 1.807) is 26.0 Å². The molecule has 1 aliphatic rings. The van der Waals surface area contributed by atoms with E-state index in [4.69, 9.17) is 21.1 Å². The average molecular weight is 418 g/mol. The molecule has 0 radical (unpaired) electrons. The van der Waals surface area contributed by atoms with Crippen molar-refractivity contribution in [2.45, 2.75) is 20.0 Å². The second kappa shape index (κ2) is 9.17. The number of anilines is 1. The van der Waals surface area contributed by atoms with Crippen LogP contribution in [0.15, 0.2) is 53.4 Å². The lowest BCUT2D eigenvalue weighted by Crippen LogP contribution is -2.19. The van der Waals surface area contributed by atoms with E-state index in [0.717, 1.165) is 5.56 Å². The Hall–Kier alpha value is -2.44. The van der Waals surface area contributed by atoms with Gasteiger partial charge in [-0.1, -0.05) is 41.9 Å². The number of amides is 1. The van der Waals surface area contributed by atoms with E-state index in [-0.39, 0.29) is 22.6 Å². The first kappa shape index (κ1) is 20.3. The number of esters is 1. The Bertz CT molecular complexity index is 912. The molecule has 146 valence electrons. The topological polar surface area (TPSA) is 64.6 Å². The molecule has 1 N–H and O–H groups in total. The van der Waals surface area contributed by atoms with Crippen molar-refractivity contribution in [1.82, 2.24) is 0 Å². The fraction of sp³-hybridized carbons (Fsp3) is 0.238. The van der Waals surface area contributed by atoms with E-state index in [1.165, 1.54) is 17.8 Å². The van der Waals surface area contributed by atoms with Crippen LogP contribution in [0.25, 0.3) is 5.76 Å². The predicted molar refractivity (Wildman–Crippen MR) is 112 cm³/mol. The maximum atomic E-state index is 12.9. The minimum Gasteiger partial charge on any atom is -0.491 e. The minimum absolute atomic E-state index is 0.206. The Morgan fingerprint density at radius 2 is 1.93 bits per heavy atom. The molecule has 28 heavy (non-hydrogen) atoms. The number of carbonyl (C=O) groups excluding carboxylic acids is 2. The van der Waals surface area contributed by atoms with E-state index in [9.17, 15) is 9.59 Å². The van der Waals surface area contributed by atoms with Crippen LogP contribution < -0.4 is 5.32 Å². The van der Waals surface area contributed by atoms with Crippen LogP contribution in [-0.2, 0) is 14.3 Å². The third kappa shape index (κ3) is 4.88. The number of benzene rings is 2. The maximum absolute atomic E-state index is 12.9. The summed E-state index contributed by atoms with van der Waals surface area (Å²) >= 11 is 7.56. The first-order valence-corrected chi connectivity index (χ1v) is 10.2. The van der Waals surface area contributed by atoms with Crippen LogP contribution in [0.2, 0.25) is 5.02 Å². The van der Waals surface area contributed by atoms with E-state index in [2.05, 4.69) is 5.32 Å². The number of hydrogen-bond acceptors (Lipinski definition) is 5. The number of hydrogen-bond donors (Lipinski definition) is 1. The highest BCUT2D eigenvalue weighted by atomic mass is 35.5. The zero-order chi connectivity index (χ0) is 20.1. The molecule has 0 aliphatic carbocycles. The van der Waals surface area contributed by atoms with Gasteiger partial charge in [0.1, 0.15) is 10.7 Å². The van der Waals surface area contributed by atoms with Crippen molar-refractivity contribution in [2.24, 2.45) is 0 Å². The Balaban J connectivity index is 1.86. The quantitative estimate of drug-likeness (QED) is 0.695.